The standard InChI is InChI=1S/C17H22N2S/c1-11-8-12(2)17(13(3)9-11)19-16(20)10-15(18-19)14-6-4-5-7-14/h8-10,14,18H,4-7H2,1-3H3. The van der Waals surface area contributed by atoms with Gasteiger partial charge in [0.05, 0.1) is 5.69 Å². The van der Waals surface area contributed by atoms with Crippen LogP contribution >= 0.6 is 12.2 Å². The summed E-state index contributed by atoms with van der Waals surface area (Å²) in [4.78, 5) is 0. The van der Waals surface area contributed by atoms with E-state index in [0.717, 1.165) is 4.64 Å². The van der Waals surface area contributed by atoms with Crippen molar-refractivity contribution in [1.82, 2.24) is 9.78 Å². The number of aromatic amines is 1. The summed E-state index contributed by atoms with van der Waals surface area (Å²) >= 11 is 5.57. The van der Waals surface area contributed by atoms with E-state index in [2.05, 4.69) is 48.8 Å². The molecule has 106 valence electrons. The van der Waals surface area contributed by atoms with Crippen molar-refractivity contribution in [1.29, 1.82) is 0 Å². The maximum absolute atomic E-state index is 5.57. The van der Waals surface area contributed by atoms with Crippen molar-refractivity contribution in [2.75, 3.05) is 0 Å². The minimum absolute atomic E-state index is 0.670. The number of aromatic nitrogens is 2. The zero-order valence-corrected chi connectivity index (χ0v) is 13.3. The van der Waals surface area contributed by atoms with Crippen LogP contribution in [0.25, 0.3) is 5.69 Å². The molecule has 0 amide bonds. The van der Waals surface area contributed by atoms with Gasteiger partial charge in [0.15, 0.2) is 0 Å². The lowest BCUT2D eigenvalue weighted by Crippen LogP contribution is -2.04. The number of hydrogen-bond donors (Lipinski definition) is 1. The fourth-order valence-corrected chi connectivity index (χ4v) is 3.82. The zero-order chi connectivity index (χ0) is 14.3. The van der Waals surface area contributed by atoms with Crippen LogP contribution in [0.15, 0.2) is 18.2 Å². The van der Waals surface area contributed by atoms with Gasteiger partial charge in [0.1, 0.15) is 4.64 Å². The van der Waals surface area contributed by atoms with E-state index in [1.807, 2.05) is 0 Å². The second-order valence-electron chi connectivity index (χ2n) is 6.11. The van der Waals surface area contributed by atoms with Gasteiger partial charge in [-0.3, -0.25) is 5.10 Å². The van der Waals surface area contributed by atoms with Crippen LogP contribution in [0.5, 0.6) is 0 Å². The van der Waals surface area contributed by atoms with Gasteiger partial charge in [0.25, 0.3) is 0 Å². The number of nitrogens with zero attached hydrogens (tertiary/aromatic N) is 1. The molecule has 1 aliphatic carbocycles. The van der Waals surface area contributed by atoms with Crippen molar-refractivity contribution >= 4 is 12.2 Å². The second kappa shape index (κ2) is 5.21. The molecule has 0 unspecified atom stereocenters. The molecule has 2 aromatic rings. The minimum atomic E-state index is 0.670. The Morgan fingerprint density at radius 1 is 1.05 bits per heavy atom. The molecule has 0 aliphatic heterocycles. The molecule has 1 aliphatic rings. The van der Waals surface area contributed by atoms with E-state index in [1.165, 1.54) is 53.8 Å². The molecule has 0 saturated heterocycles. The molecule has 1 N–H and O–H groups in total. The number of nitrogens with one attached hydrogen (secondary N) is 1. The molecule has 1 saturated carbocycles. The summed E-state index contributed by atoms with van der Waals surface area (Å²) in [6, 6.07) is 6.60. The summed E-state index contributed by atoms with van der Waals surface area (Å²) < 4.78 is 2.98. The van der Waals surface area contributed by atoms with Gasteiger partial charge in [0.2, 0.25) is 0 Å². The highest BCUT2D eigenvalue weighted by atomic mass is 32.1. The quantitative estimate of drug-likeness (QED) is 0.760. The molecule has 3 rings (SSSR count). The second-order valence-corrected chi connectivity index (χ2v) is 6.53. The largest absolute Gasteiger partial charge is 0.297 e. The topological polar surface area (TPSA) is 20.7 Å². The van der Waals surface area contributed by atoms with E-state index in [1.54, 1.807) is 0 Å². The summed E-state index contributed by atoms with van der Waals surface area (Å²) in [6.45, 7) is 6.46. The molecule has 2 nitrogen and oxygen atoms in total. The molecular weight excluding hydrogens is 264 g/mol. The lowest BCUT2D eigenvalue weighted by molar-refractivity contribution is 0.677. The van der Waals surface area contributed by atoms with Gasteiger partial charge in [-0.25, -0.2) is 4.68 Å². The average Bonchev–Trinajstić information content (AvgIpc) is 2.98. The van der Waals surface area contributed by atoms with Crippen LogP contribution in [-0.4, -0.2) is 9.78 Å². The number of aryl methyl sites for hydroxylation is 3. The van der Waals surface area contributed by atoms with Crippen LogP contribution in [0, 0.1) is 25.4 Å². The van der Waals surface area contributed by atoms with Gasteiger partial charge < -0.3 is 0 Å². The van der Waals surface area contributed by atoms with E-state index in [0.29, 0.717) is 5.92 Å². The Hall–Kier alpha value is -1.35. The predicted octanol–water partition coefficient (Wildman–Crippen LogP) is 5.12. The Kier molecular flexibility index (Phi) is 3.55. The first-order valence-corrected chi connectivity index (χ1v) is 7.87. The predicted molar refractivity (Wildman–Crippen MR) is 86.4 cm³/mol. The van der Waals surface area contributed by atoms with Crippen molar-refractivity contribution < 1.29 is 0 Å². The molecule has 3 heteroatoms. The highest BCUT2D eigenvalue weighted by Crippen LogP contribution is 2.34. The first-order valence-electron chi connectivity index (χ1n) is 7.46. The molecule has 1 fully saturated rings. The summed E-state index contributed by atoms with van der Waals surface area (Å²) in [6.07, 6.45) is 5.28. The van der Waals surface area contributed by atoms with Crippen LogP contribution in [0.2, 0.25) is 0 Å². The van der Waals surface area contributed by atoms with Crippen molar-refractivity contribution in [3.05, 3.63) is 45.2 Å². The number of benzene rings is 1. The van der Waals surface area contributed by atoms with Crippen LogP contribution in [0.4, 0.5) is 0 Å². The van der Waals surface area contributed by atoms with Gasteiger partial charge in [-0.15, -0.1) is 0 Å². The molecule has 0 bridgehead atoms. The van der Waals surface area contributed by atoms with Crippen molar-refractivity contribution in [3.8, 4) is 5.69 Å². The molecule has 0 radical (unpaired) electrons. The normalized spacial score (nSPS) is 15.9. The Morgan fingerprint density at radius 3 is 2.25 bits per heavy atom. The van der Waals surface area contributed by atoms with Crippen LogP contribution < -0.4 is 0 Å². The molecule has 1 heterocycles. The van der Waals surface area contributed by atoms with Gasteiger partial charge in [-0.2, -0.15) is 0 Å². The number of rotatable bonds is 2. The highest BCUT2D eigenvalue weighted by Gasteiger charge is 2.20. The summed E-state index contributed by atoms with van der Waals surface area (Å²) in [7, 11) is 0. The summed E-state index contributed by atoms with van der Waals surface area (Å²) in [5, 5.41) is 3.55. The lowest BCUT2D eigenvalue weighted by atomic mass is 10.1. The van der Waals surface area contributed by atoms with Crippen molar-refractivity contribution in [3.63, 3.8) is 0 Å². The third-order valence-electron chi connectivity index (χ3n) is 4.39. The number of H-pyrrole nitrogens is 1. The van der Waals surface area contributed by atoms with Gasteiger partial charge >= 0.3 is 0 Å². The Morgan fingerprint density at radius 2 is 1.65 bits per heavy atom. The highest BCUT2D eigenvalue weighted by molar-refractivity contribution is 7.71. The van der Waals surface area contributed by atoms with Crippen LogP contribution in [0.1, 0.15) is 54.0 Å². The van der Waals surface area contributed by atoms with Crippen molar-refractivity contribution in [2.24, 2.45) is 0 Å². The Bertz CT molecular complexity index is 664. The molecular formula is C17H22N2S. The molecule has 20 heavy (non-hydrogen) atoms. The molecule has 0 spiro atoms. The monoisotopic (exact) mass is 286 g/mol. The average molecular weight is 286 g/mol. The first kappa shape index (κ1) is 13.6. The SMILES string of the molecule is Cc1cc(C)c(-n2[nH]c(C3CCCC3)cc2=S)c(C)c1. The first-order chi connectivity index (χ1) is 9.56. The zero-order valence-electron chi connectivity index (χ0n) is 12.5. The van der Waals surface area contributed by atoms with E-state index < -0.39 is 0 Å². The Labute approximate surface area is 125 Å². The Balaban J connectivity index is 2.09. The van der Waals surface area contributed by atoms with E-state index in [9.17, 15) is 0 Å². The smallest absolute Gasteiger partial charge is 0.127 e. The van der Waals surface area contributed by atoms with Gasteiger partial charge in [0, 0.05) is 11.6 Å². The maximum Gasteiger partial charge on any atom is 0.127 e. The van der Waals surface area contributed by atoms with E-state index in [-0.39, 0.29) is 0 Å². The van der Waals surface area contributed by atoms with Crippen LogP contribution in [0.3, 0.4) is 0 Å². The maximum atomic E-state index is 5.57. The number of hydrogen-bond acceptors (Lipinski definition) is 1. The summed E-state index contributed by atoms with van der Waals surface area (Å²) in [5.41, 5.74) is 6.38. The third-order valence-corrected chi connectivity index (χ3v) is 4.69. The molecule has 1 aromatic heterocycles. The lowest BCUT2D eigenvalue weighted by Gasteiger charge is -2.13. The van der Waals surface area contributed by atoms with Gasteiger partial charge in [-0.1, -0.05) is 42.8 Å². The minimum Gasteiger partial charge on any atom is -0.297 e. The fourth-order valence-electron chi connectivity index (χ4n) is 3.55. The molecule has 0 atom stereocenters. The van der Waals surface area contributed by atoms with Crippen molar-refractivity contribution in [2.45, 2.75) is 52.4 Å². The van der Waals surface area contributed by atoms with Gasteiger partial charge in [-0.05, 0) is 50.8 Å². The van der Waals surface area contributed by atoms with Crippen LogP contribution in [-0.2, 0) is 0 Å². The van der Waals surface area contributed by atoms with E-state index in [4.69, 9.17) is 12.2 Å². The third kappa shape index (κ3) is 2.35. The summed E-state index contributed by atoms with van der Waals surface area (Å²) in [5.74, 6) is 0.670. The van der Waals surface area contributed by atoms with E-state index >= 15 is 0 Å². The fraction of sp³-hybridized carbons (Fsp3) is 0.471. The molecule has 1 aromatic carbocycles.